The summed E-state index contributed by atoms with van der Waals surface area (Å²) in [7, 11) is 1.56. The van der Waals surface area contributed by atoms with Crippen molar-refractivity contribution in [2.24, 2.45) is 0 Å². The molecule has 0 atom stereocenters. The highest BCUT2D eigenvalue weighted by Gasteiger charge is 2.12. The van der Waals surface area contributed by atoms with Gasteiger partial charge in [-0.2, -0.15) is 0 Å². The Kier molecular flexibility index (Phi) is 4.79. The van der Waals surface area contributed by atoms with Gasteiger partial charge >= 0.3 is 0 Å². The Hall–Kier alpha value is -1.81. The molecule has 0 radical (unpaired) electrons. The summed E-state index contributed by atoms with van der Waals surface area (Å²) in [5.41, 5.74) is 3.44. The predicted octanol–water partition coefficient (Wildman–Crippen LogP) is 4.15. The molecule has 0 spiro atoms. The summed E-state index contributed by atoms with van der Waals surface area (Å²) >= 11 is 3.40. The molecule has 0 saturated heterocycles. The quantitative estimate of drug-likeness (QED) is 0.853. The molecule has 1 amide bonds. The summed E-state index contributed by atoms with van der Waals surface area (Å²) in [6.45, 7) is 1.95. The van der Waals surface area contributed by atoms with E-state index in [0.717, 1.165) is 22.1 Å². The summed E-state index contributed by atoms with van der Waals surface area (Å²) < 4.78 is 5.24. The molecular formula is C16H16BrNO2. The third kappa shape index (κ3) is 3.39. The van der Waals surface area contributed by atoms with Crippen molar-refractivity contribution in [2.45, 2.75) is 12.3 Å². The van der Waals surface area contributed by atoms with Gasteiger partial charge in [0, 0.05) is 11.0 Å². The van der Waals surface area contributed by atoms with Gasteiger partial charge < -0.3 is 10.1 Å². The molecule has 104 valence electrons. The molecule has 4 heteroatoms. The number of nitrogens with one attached hydrogen (secondary N) is 1. The Labute approximate surface area is 127 Å². The first-order valence-electron chi connectivity index (χ1n) is 6.25. The van der Waals surface area contributed by atoms with Gasteiger partial charge in [0.1, 0.15) is 5.75 Å². The third-order valence-electron chi connectivity index (χ3n) is 2.94. The summed E-state index contributed by atoms with van der Waals surface area (Å²) in [5.74, 6) is 0.405. The summed E-state index contributed by atoms with van der Waals surface area (Å²) in [4.78, 5) is 12.3. The van der Waals surface area contributed by atoms with Crippen LogP contribution >= 0.6 is 15.9 Å². The SMILES string of the molecule is COc1ccc(C)cc1C(=O)Nc1cccc(CBr)c1. The molecule has 0 aliphatic heterocycles. The second-order valence-corrected chi connectivity index (χ2v) is 5.05. The molecule has 0 aliphatic carbocycles. The Morgan fingerprint density at radius 2 is 2.05 bits per heavy atom. The largest absolute Gasteiger partial charge is 0.496 e. The number of rotatable bonds is 4. The lowest BCUT2D eigenvalue weighted by atomic mass is 10.1. The van der Waals surface area contributed by atoms with Crippen molar-refractivity contribution >= 4 is 27.5 Å². The Morgan fingerprint density at radius 1 is 1.25 bits per heavy atom. The predicted molar refractivity (Wildman–Crippen MR) is 84.8 cm³/mol. The zero-order valence-corrected chi connectivity index (χ0v) is 13.0. The van der Waals surface area contributed by atoms with Crippen LogP contribution < -0.4 is 10.1 Å². The number of hydrogen-bond acceptors (Lipinski definition) is 2. The number of aryl methyl sites for hydroxylation is 1. The van der Waals surface area contributed by atoms with Crippen molar-refractivity contribution in [2.75, 3.05) is 12.4 Å². The van der Waals surface area contributed by atoms with E-state index >= 15 is 0 Å². The summed E-state index contributed by atoms with van der Waals surface area (Å²) in [6, 6.07) is 13.3. The van der Waals surface area contributed by atoms with Crippen molar-refractivity contribution in [3.05, 3.63) is 59.2 Å². The maximum Gasteiger partial charge on any atom is 0.259 e. The van der Waals surface area contributed by atoms with Crippen LogP contribution in [-0.2, 0) is 5.33 Å². The fourth-order valence-electron chi connectivity index (χ4n) is 1.93. The molecule has 0 bridgehead atoms. The first kappa shape index (κ1) is 14.6. The highest BCUT2D eigenvalue weighted by molar-refractivity contribution is 9.08. The van der Waals surface area contributed by atoms with Gasteiger partial charge in [-0.05, 0) is 36.8 Å². The highest BCUT2D eigenvalue weighted by atomic mass is 79.9. The number of benzene rings is 2. The molecule has 0 saturated carbocycles. The second-order valence-electron chi connectivity index (χ2n) is 4.49. The number of hydrogen-bond donors (Lipinski definition) is 1. The van der Waals surface area contributed by atoms with Crippen LogP contribution in [0.1, 0.15) is 21.5 Å². The van der Waals surface area contributed by atoms with Crippen LogP contribution in [0.2, 0.25) is 0 Å². The minimum absolute atomic E-state index is 0.169. The highest BCUT2D eigenvalue weighted by Crippen LogP contribution is 2.21. The number of alkyl halides is 1. The number of methoxy groups -OCH3 is 1. The van der Waals surface area contributed by atoms with Crippen LogP contribution in [0.5, 0.6) is 5.75 Å². The van der Waals surface area contributed by atoms with E-state index in [1.54, 1.807) is 13.2 Å². The standard InChI is InChI=1S/C16H16BrNO2/c1-11-6-7-15(20-2)14(8-11)16(19)18-13-5-3-4-12(9-13)10-17/h3-9H,10H2,1-2H3,(H,18,19). The van der Waals surface area contributed by atoms with Crippen molar-refractivity contribution < 1.29 is 9.53 Å². The average Bonchev–Trinajstić information content (AvgIpc) is 2.47. The molecule has 3 nitrogen and oxygen atoms in total. The van der Waals surface area contributed by atoms with Gasteiger partial charge in [0.15, 0.2) is 0 Å². The van der Waals surface area contributed by atoms with E-state index in [1.165, 1.54) is 0 Å². The minimum Gasteiger partial charge on any atom is -0.496 e. The lowest BCUT2D eigenvalue weighted by Gasteiger charge is -2.10. The summed E-state index contributed by atoms with van der Waals surface area (Å²) in [6.07, 6.45) is 0. The van der Waals surface area contributed by atoms with Crippen LogP contribution in [0.4, 0.5) is 5.69 Å². The van der Waals surface area contributed by atoms with Crippen LogP contribution in [0, 0.1) is 6.92 Å². The Morgan fingerprint density at radius 3 is 2.75 bits per heavy atom. The Balaban J connectivity index is 2.25. The molecule has 2 aromatic rings. The van der Waals surface area contributed by atoms with Gasteiger partial charge in [-0.1, -0.05) is 39.7 Å². The molecule has 0 aliphatic rings. The maximum atomic E-state index is 12.3. The van der Waals surface area contributed by atoms with Crippen LogP contribution in [0.25, 0.3) is 0 Å². The van der Waals surface area contributed by atoms with Crippen molar-refractivity contribution in [1.82, 2.24) is 0 Å². The third-order valence-corrected chi connectivity index (χ3v) is 3.59. The lowest BCUT2D eigenvalue weighted by Crippen LogP contribution is -2.13. The monoisotopic (exact) mass is 333 g/mol. The average molecular weight is 334 g/mol. The van der Waals surface area contributed by atoms with Crippen LogP contribution in [-0.4, -0.2) is 13.0 Å². The lowest BCUT2D eigenvalue weighted by molar-refractivity contribution is 0.102. The molecule has 0 heterocycles. The molecule has 0 unspecified atom stereocenters. The van der Waals surface area contributed by atoms with Crippen molar-refractivity contribution in [1.29, 1.82) is 0 Å². The van der Waals surface area contributed by atoms with Crippen molar-refractivity contribution in [3.8, 4) is 5.75 Å². The zero-order chi connectivity index (χ0) is 14.5. The first-order valence-corrected chi connectivity index (χ1v) is 7.37. The fraction of sp³-hybridized carbons (Fsp3) is 0.188. The molecule has 1 N–H and O–H groups in total. The molecule has 2 aromatic carbocycles. The van der Waals surface area contributed by atoms with Crippen LogP contribution in [0.3, 0.4) is 0 Å². The Bertz CT molecular complexity index is 626. The van der Waals surface area contributed by atoms with E-state index in [4.69, 9.17) is 4.74 Å². The zero-order valence-electron chi connectivity index (χ0n) is 11.4. The van der Waals surface area contributed by atoms with Crippen LogP contribution in [0.15, 0.2) is 42.5 Å². The van der Waals surface area contributed by atoms with E-state index in [-0.39, 0.29) is 5.91 Å². The molecule has 0 aromatic heterocycles. The number of halogens is 1. The molecular weight excluding hydrogens is 318 g/mol. The van der Waals surface area contributed by atoms with Crippen molar-refractivity contribution in [3.63, 3.8) is 0 Å². The van der Waals surface area contributed by atoms with Gasteiger partial charge in [-0.3, -0.25) is 4.79 Å². The normalized spacial score (nSPS) is 10.2. The number of ether oxygens (including phenoxy) is 1. The second kappa shape index (κ2) is 6.57. The van der Waals surface area contributed by atoms with E-state index < -0.39 is 0 Å². The fourth-order valence-corrected chi connectivity index (χ4v) is 2.28. The number of amides is 1. The minimum atomic E-state index is -0.169. The van der Waals surface area contributed by atoms with Gasteiger partial charge in [0.05, 0.1) is 12.7 Å². The van der Waals surface area contributed by atoms with E-state index in [2.05, 4.69) is 21.2 Å². The number of anilines is 1. The van der Waals surface area contributed by atoms with Gasteiger partial charge in [-0.15, -0.1) is 0 Å². The molecule has 20 heavy (non-hydrogen) atoms. The van der Waals surface area contributed by atoms with Gasteiger partial charge in [0.25, 0.3) is 5.91 Å². The van der Waals surface area contributed by atoms with E-state index in [1.807, 2.05) is 43.3 Å². The number of carbonyl (C=O) groups excluding carboxylic acids is 1. The topological polar surface area (TPSA) is 38.3 Å². The molecule has 0 fully saturated rings. The maximum absolute atomic E-state index is 12.3. The summed E-state index contributed by atoms with van der Waals surface area (Å²) in [5, 5.41) is 3.65. The van der Waals surface area contributed by atoms with Gasteiger partial charge in [0.2, 0.25) is 0 Å². The van der Waals surface area contributed by atoms with Gasteiger partial charge in [-0.25, -0.2) is 0 Å². The number of carbonyl (C=O) groups is 1. The molecule has 2 rings (SSSR count). The van der Waals surface area contributed by atoms with E-state index in [9.17, 15) is 4.79 Å². The smallest absolute Gasteiger partial charge is 0.259 e. The first-order chi connectivity index (χ1) is 9.63. The van der Waals surface area contributed by atoms with E-state index in [0.29, 0.717) is 11.3 Å².